The highest BCUT2D eigenvalue weighted by Gasteiger charge is 2.06. The summed E-state index contributed by atoms with van der Waals surface area (Å²) in [6.07, 6.45) is 9.06. The number of rotatable bonds is 2. The molecule has 0 unspecified atom stereocenters. The van der Waals surface area contributed by atoms with Crippen LogP contribution in [0.15, 0.2) is 36.7 Å². The summed E-state index contributed by atoms with van der Waals surface area (Å²) in [4.78, 5) is 7.57. The Kier molecular flexibility index (Phi) is 2.81. The van der Waals surface area contributed by atoms with E-state index in [-0.39, 0.29) is 0 Å². The topological polar surface area (TPSA) is 66.7 Å². The summed E-state index contributed by atoms with van der Waals surface area (Å²) >= 11 is 0. The molecule has 4 N–H and O–H groups in total. The first-order chi connectivity index (χ1) is 9.69. The highest BCUT2D eigenvalue weighted by molar-refractivity contribution is 5.86. The summed E-state index contributed by atoms with van der Waals surface area (Å²) in [5, 5.41) is 3.92. The summed E-state index contributed by atoms with van der Waals surface area (Å²) in [6.45, 7) is 2.05. The van der Waals surface area contributed by atoms with Gasteiger partial charge in [-0.15, -0.1) is 0 Å². The van der Waals surface area contributed by atoms with Crippen molar-refractivity contribution in [1.29, 1.82) is 0 Å². The standard InChI is InChI=1S/C16H14N4/c1-3-18-15-7-11(4-5-14(15)17)12-6-13-10(2)8-19-16(13)20-9-12/h1,4-9,18H,17H2,2H3,(H,19,20). The highest BCUT2D eigenvalue weighted by atomic mass is 14.9. The predicted octanol–water partition coefficient (Wildman–Crippen LogP) is 3.12. The third-order valence-electron chi connectivity index (χ3n) is 3.33. The number of nitrogens with two attached hydrogens (primary N) is 1. The molecule has 0 bridgehead atoms. The second-order valence-corrected chi connectivity index (χ2v) is 4.66. The minimum Gasteiger partial charge on any atom is -0.397 e. The van der Waals surface area contributed by atoms with Gasteiger partial charge >= 0.3 is 0 Å². The molecule has 0 saturated heterocycles. The number of benzene rings is 1. The number of aromatic nitrogens is 2. The van der Waals surface area contributed by atoms with E-state index in [9.17, 15) is 0 Å². The van der Waals surface area contributed by atoms with Gasteiger partial charge < -0.3 is 16.0 Å². The van der Waals surface area contributed by atoms with Crippen molar-refractivity contribution < 1.29 is 0 Å². The van der Waals surface area contributed by atoms with Crippen LogP contribution in [0.5, 0.6) is 0 Å². The molecule has 0 aliphatic heterocycles. The number of terminal acetylenes is 1. The zero-order valence-corrected chi connectivity index (χ0v) is 11.1. The molecule has 20 heavy (non-hydrogen) atoms. The van der Waals surface area contributed by atoms with Crippen LogP contribution in [0, 0.1) is 19.4 Å². The molecule has 0 spiro atoms. The van der Waals surface area contributed by atoms with Crippen molar-refractivity contribution in [3.63, 3.8) is 0 Å². The van der Waals surface area contributed by atoms with Gasteiger partial charge in [0.2, 0.25) is 0 Å². The molecule has 98 valence electrons. The van der Waals surface area contributed by atoms with Crippen molar-refractivity contribution in [2.75, 3.05) is 11.1 Å². The lowest BCUT2D eigenvalue weighted by atomic mass is 10.0. The maximum Gasteiger partial charge on any atom is 0.137 e. The van der Waals surface area contributed by atoms with E-state index in [1.807, 2.05) is 30.6 Å². The third kappa shape index (κ3) is 1.95. The number of nitrogens with one attached hydrogen (secondary N) is 2. The lowest BCUT2D eigenvalue weighted by Crippen LogP contribution is -1.95. The number of nitrogen functional groups attached to an aromatic ring is 1. The third-order valence-corrected chi connectivity index (χ3v) is 3.33. The van der Waals surface area contributed by atoms with Crippen molar-refractivity contribution in [2.24, 2.45) is 0 Å². The number of pyridine rings is 1. The SMILES string of the molecule is C#CNc1cc(-c2cnc3[nH]cc(C)c3c2)ccc1N. The summed E-state index contributed by atoms with van der Waals surface area (Å²) in [6, 6.07) is 10.2. The van der Waals surface area contributed by atoms with Crippen LogP contribution in [0.4, 0.5) is 11.4 Å². The summed E-state index contributed by atoms with van der Waals surface area (Å²) in [5.74, 6) is 0. The molecule has 1 aromatic carbocycles. The van der Waals surface area contributed by atoms with Gasteiger partial charge in [-0.25, -0.2) is 4.98 Å². The van der Waals surface area contributed by atoms with Crippen LogP contribution in [-0.2, 0) is 0 Å². The summed E-state index contributed by atoms with van der Waals surface area (Å²) < 4.78 is 0. The Hall–Kier alpha value is -2.93. The van der Waals surface area contributed by atoms with Crippen LogP contribution >= 0.6 is 0 Å². The Labute approximate surface area is 117 Å². The maximum atomic E-state index is 5.87. The number of aromatic amines is 1. The Balaban J connectivity index is 2.12. The first kappa shape index (κ1) is 12.1. The monoisotopic (exact) mass is 262 g/mol. The van der Waals surface area contributed by atoms with E-state index in [1.165, 1.54) is 5.56 Å². The lowest BCUT2D eigenvalue weighted by molar-refractivity contribution is 1.32. The molecular weight excluding hydrogens is 248 g/mol. The number of fused-ring (bicyclic) bond motifs is 1. The van der Waals surface area contributed by atoms with E-state index in [4.69, 9.17) is 12.2 Å². The van der Waals surface area contributed by atoms with Crippen LogP contribution in [0.1, 0.15) is 5.56 Å². The smallest absolute Gasteiger partial charge is 0.137 e. The van der Waals surface area contributed by atoms with Gasteiger partial charge in [0.1, 0.15) is 5.65 Å². The van der Waals surface area contributed by atoms with Crippen molar-refractivity contribution in [3.05, 3.63) is 42.2 Å². The van der Waals surface area contributed by atoms with E-state index in [0.717, 1.165) is 27.8 Å². The van der Waals surface area contributed by atoms with Crippen LogP contribution in [-0.4, -0.2) is 9.97 Å². The number of anilines is 2. The number of nitrogens with zero attached hydrogens (tertiary/aromatic N) is 1. The number of hydrogen-bond acceptors (Lipinski definition) is 3. The molecule has 0 fully saturated rings. The van der Waals surface area contributed by atoms with Gasteiger partial charge in [0.15, 0.2) is 0 Å². The Morgan fingerprint density at radius 2 is 2.15 bits per heavy atom. The van der Waals surface area contributed by atoms with Gasteiger partial charge in [-0.3, -0.25) is 0 Å². The molecule has 4 heteroatoms. The normalized spacial score (nSPS) is 10.4. The summed E-state index contributed by atoms with van der Waals surface area (Å²) in [5.41, 5.74) is 11.3. The van der Waals surface area contributed by atoms with Crippen molar-refractivity contribution in [3.8, 4) is 23.6 Å². The fraction of sp³-hybridized carbons (Fsp3) is 0.0625. The van der Waals surface area contributed by atoms with E-state index in [1.54, 1.807) is 0 Å². The fourth-order valence-corrected chi connectivity index (χ4v) is 2.21. The fourth-order valence-electron chi connectivity index (χ4n) is 2.21. The highest BCUT2D eigenvalue weighted by Crippen LogP contribution is 2.29. The molecule has 4 nitrogen and oxygen atoms in total. The van der Waals surface area contributed by atoms with Gasteiger partial charge in [-0.1, -0.05) is 12.5 Å². The molecule has 0 aliphatic rings. The van der Waals surface area contributed by atoms with Crippen LogP contribution < -0.4 is 11.1 Å². The second-order valence-electron chi connectivity index (χ2n) is 4.66. The largest absolute Gasteiger partial charge is 0.397 e. The van der Waals surface area contributed by atoms with Crippen molar-refractivity contribution in [2.45, 2.75) is 6.92 Å². The molecule has 3 aromatic rings. The number of H-pyrrole nitrogens is 1. The van der Waals surface area contributed by atoms with Crippen LogP contribution in [0.2, 0.25) is 0 Å². The first-order valence-corrected chi connectivity index (χ1v) is 6.24. The van der Waals surface area contributed by atoms with Gasteiger partial charge in [-0.2, -0.15) is 0 Å². The van der Waals surface area contributed by atoms with Gasteiger partial charge in [0.25, 0.3) is 0 Å². The van der Waals surface area contributed by atoms with Crippen molar-refractivity contribution >= 4 is 22.4 Å². The average molecular weight is 262 g/mol. The van der Waals surface area contributed by atoms with E-state index in [2.05, 4.69) is 34.3 Å². The van der Waals surface area contributed by atoms with Gasteiger partial charge in [0.05, 0.1) is 11.4 Å². The molecule has 0 aliphatic carbocycles. The minimum atomic E-state index is 0.624. The predicted molar refractivity (Wildman–Crippen MR) is 83.1 cm³/mol. The Bertz CT molecular complexity index is 824. The lowest BCUT2D eigenvalue weighted by Gasteiger charge is -2.08. The van der Waals surface area contributed by atoms with Crippen LogP contribution in [0.3, 0.4) is 0 Å². The molecule has 2 heterocycles. The first-order valence-electron chi connectivity index (χ1n) is 6.24. The molecule has 3 rings (SSSR count). The zero-order valence-electron chi connectivity index (χ0n) is 11.1. The maximum absolute atomic E-state index is 5.87. The summed E-state index contributed by atoms with van der Waals surface area (Å²) in [7, 11) is 0. The van der Waals surface area contributed by atoms with E-state index in [0.29, 0.717) is 5.69 Å². The minimum absolute atomic E-state index is 0.624. The van der Waals surface area contributed by atoms with Gasteiger partial charge in [0, 0.05) is 29.4 Å². The van der Waals surface area contributed by atoms with Crippen LogP contribution in [0.25, 0.3) is 22.2 Å². The second kappa shape index (κ2) is 4.63. The number of aryl methyl sites for hydroxylation is 1. The van der Waals surface area contributed by atoms with E-state index >= 15 is 0 Å². The molecular formula is C16H14N4. The Morgan fingerprint density at radius 3 is 2.95 bits per heavy atom. The quantitative estimate of drug-likeness (QED) is 0.377. The molecule has 0 amide bonds. The number of hydrogen-bond donors (Lipinski definition) is 3. The average Bonchev–Trinajstić information content (AvgIpc) is 2.83. The van der Waals surface area contributed by atoms with E-state index < -0.39 is 0 Å². The zero-order chi connectivity index (χ0) is 14.1. The Morgan fingerprint density at radius 1 is 1.30 bits per heavy atom. The van der Waals surface area contributed by atoms with Gasteiger partial charge in [-0.05, 0) is 36.2 Å². The molecule has 2 aromatic heterocycles. The van der Waals surface area contributed by atoms with Crippen molar-refractivity contribution in [1.82, 2.24) is 9.97 Å². The molecule has 0 atom stereocenters. The molecule has 0 saturated carbocycles. The molecule has 0 radical (unpaired) electrons.